The number of anilines is 1. The Balaban J connectivity index is 1.49. The maximum absolute atomic E-state index is 12.1. The Hall–Kier alpha value is -3.52. The van der Waals surface area contributed by atoms with Crippen LogP contribution in [0.25, 0.3) is 0 Å². The van der Waals surface area contributed by atoms with Gasteiger partial charge in [0.05, 0.1) is 12.0 Å². The molecule has 30 heavy (non-hydrogen) atoms. The van der Waals surface area contributed by atoms with E-state index in [1.807, 2.05) is 42.5 Å². The largest absolute Gasteiger partial charge is 0.490 e. The third-order valence-electron chi connectivity index (χ3n) is 4.10. The molecule has 0 spiro atoms. The van der Waals surface area contributed by atoms with Gasteiger partial charge in [0.2, 0.25) is 5.75 Å². The van der Waals surface area contributed by atoms with E-state index in [4.69, 9.17) is 9.47 Å². The second-order valence-corrected chi connectivity index (χ2v) is 7.28. The molecular weight excluding hydrogens is 404 g/mol. The molecule has 0 aromatic heterocycles. The number of carbonyl (C=O) groups is 1. The number of nitro groups is 1. The number of carbonyl (C=O) groups excluding carboxylic acids is 1. The van der Waals surface area contributed by atoms with Gasteiger partial charge in [0.25, 0.3) is 5.91 Å². The van der Waals surface area contributed by atoms with Gasteiger partial charge in [-0.2, -0.15) is 0 Å². The molecule has 0 heterocycles. The van der Waals surface area contributed by atoms with E-state index in [-0.39, 0.29) is 24.0 Å². The summed E-state index contributed by atoms with van der Waals surface area (Å²) < 4.78 is 10.4. The molecule has 0 radical (unpaired) electrons. The molecule has 1 N–H and O–H groups in total. The Morgan fingerprint density at radius 3 is 2.47 bits per heavy atom. The first-order valence-electron chi connectivity index (χ1n) is 9.07. The monoisotopic (exact) mass is 424 g/mol. The highest BCUT2D eigenvalue weighted by Crippen LogP contribution is 2.30. The second kappa shape index (κ2) is 10.3. The average molecular weight is 424 g/mol. The lowest BCUT2D eigenvalue weighted by Gasteiger charge is -2.09. The minimum absolute atomic E-state index is 0.0712. The van der Waals surface area contributed by atoms with Crippen LogP contribution in [-0.2, 0) is 10.5 Å². The number of rotatable bonds is 9. The van der Waals surface area contributed by atoms with Crippen LogP contribution in [0.4, 0.5) is 11.4 Å². The maximum atomic E-state index is 12.1. The van der Waals surface area contributed by atoms with E-state index < -0.39 is 4.92 Å². The highest BCUT2D eigenvalue weighted by atomic mass is 32.2. The van der Waals surface area contributed by atoms with Crippen molar-refractivity contribution in [2.75, 3.05) is 19.0 Å². The summed E-state index contributed by atoms with van der Waals surface area (Å²) in [6.07, 6.45) is 0. The molecule has 0 aliphatic heterocycles. The van der Waals surface area contributed by atoms with Crippen LogP contribution in [0, 0.1) is 10.1 Å². The van der Waals surface area contributed by atoms with Gasteiger partial charge in [-0.15, -0.1) is 11.8 Å². The molecule has 3 aromatic carbocycles. The summed E-state index contributed by atoms with van der Waals surface area (Å²) in [5.74, 6) is 0.880. The summed E-state index contributed by atoms with van der Waals surface area (Å²) in [6.45, 7) is -0.230. The maximum Gasteiger partial charge on any atom is 0.311 e. The number of ether oxygens (including phenoxy) is 2. The van der Waals surface area contributed by atoms with Crippen LogP contribution < -0.4 is 14.8 Å². The van der Waals surface area contributed by atoms with Gasteiger partial charge in [-0.1, -0.05) is 30.3 Å². The number of nitrogens with zero attached hydrogens (tertiary/aromatic N) is 1. The van der Waals surface area contributed by atoms with Gasteiger partial charge >= 0.3 is 5.69 Å². The van der Waals surface area contributed by atoms with Crippen LogP contribution in [0.2, 0.25) is 0 Å². The van der Waals surface area contributed by atoms with Crippen LogP contribution in [0.5, 0.6) is 11.5 Å². The predicted molar refractivity (Wildman–Crippen MR) is 116 cm³/mol. The third-order valence-corrected chi connectivity index (χ3v) is 5.19. The van der Waals surface area contributed by atoms with Crippen molar-refractivity contribution in [1.29, 1.82) is 0 Å². The Bertz CT molecular complexity index is 1010. The lowest BCUT2D eigenvalue weighted by molar-refractivity contribution is -0.385. The van der Waals surface area contributed by atoms with Gasteiger partial charge in [-0.25, -0.2) is 0 Å². The molecule has 0 unspecified atom stereocenters. The minimum Gasteiger partial charge on any atom is -0.490 e. The normalized spacial score (nSPS) is 10.3. The first kappa shape index (κ1) is 21.2. The third kappa shape index (κ3) is 5.99. The van der Waals surface area contributed by atoms with E-state index >= 15 is 0 Å². The second-order valence-electron chi connectivity index (χ2n) is 6.23. The number of nitrogens with one attached hydrogen (secondary N) is 1. The molecule has 0 bridgehead atoms. The number of benzene rings is 3. The van der Waals surface area contributed by atoms with Crippen molar-refractivity contribution in [1.82, 2.24) is 0 Å². The molecule has 7 nitrogen and oxygen atoms in total. The van der Waals surface area contributed by atoms with Gasteiger partial charge in [0.15, 0.2) is 6.61 Å². The van der Waals surface area contributed by atoms with E-state index in [9.17, 15) is 14.9 Å². The van der Waals surface area contributed by atoms with Gasteiger partial charge < -0.3 is 14.8 Å². The lowest BCUT2D eigenvalue weighted by atomic mass is 10.2. The summed E-state index contributed by atoms with van der Waals surface area (Å²) in [5, 5.41) is 13.7. The summed E-state index contributed by atoms with van der Waals surface area (Å²) in [5.41, 5.74) is 1.65. The summed E-state index contributed by atoms with van der Waals surface area (Å²) in [4.78, 5) is 23.7. The van der Waals surface area contributed by atoms with Crippen molar-refractivity contribution in [3.05, 3.63) is 88.5 Å². The first-order valence-corrected chi connectivity index (χ1v) is 10.1. The standard InChI is InChI=1S/C22H20N2O5S/c1-28-21-13-18(11-12-20(21)24(26)27)29-14-22(25)23-17-9-7-16(8-10-17)15-30-19-5-3-2-4-6-19/h2-13H,14-15H2,1H3,(H,23,25). The number of thioether (sulfide) groups is 1. The Morgan fingerprint density at radius 2 is 1.80 bits per heavy atom. The summed E-state index contributed by atoms with van der Waals surface area (Å²) >= 11 is 1.75. The zero-order chi connectivity index (χ0) is 21.3. The molecule has 0 fully saturated rings. The van der Waals surface area contributed by atoms with Crippen molar-refractivity contribution >= 4 is 29.0 Å². The summed E-state index contributed by atoms with van der Waals surface area (Å²) in [7, 11) is 1.33. The Kier molecular flexibility index (Phi) is 7.29. The number of amides is 1. The number of methoxy groups -OCH3 is 1. The van der Waals surface area contributed by atoms with Crippen LogP contribution in [0.3, 0.4) is 0 Å². The molecule has 0 aliphatic carbocycles. The minimum atomic E-state index is -0.544. The fourth-order valence-electron chi connectivity index (χ4n) is 2.61. The Morgan fingerprint density at radius 1 is 1.07 bits per heavy atom. The SMILES string of the molecule is COc1cc(OCC(=O)Nc2ccc(CSc3ccccc3)cc2)ccc1[N+](=O)[O-]. The number of nitro benzene ring substituents is 1. The van der Waals surface area contributed by atoms with Crippen molar-refractivity contribution < 1.29 is 19.2 Å². The van der Waals surface area contributed by atoms with E-state index in [1.54, 1.807) is 11.8 Å². The van der Waals surface area contributed by atoms with E-state index in [0.717, 1.165) is 11.3 Å². The van der Waals surface area contributed by atoms with Crippen molar-refractivity contribution in [2.24, 2.45) is 0 Å². The van der Waals surface area contributed by atoms with Crippen molar-refractivity contribution in [3.8, 4) is 11.5 Å². The molecule has 154 valence electrons. The average Bonchev–Trinajstić information content (AvgIpc) is 2.77. The molecule has 0 saturated heterocycles. The van der Waals surface area contributed by atoms with E-state index in [0.29, 0.717) is 11.4 Å². The van der Waals surface area contributed by atoms with E-state index in [2.05, 4.69) is 17.4 Å². The fourth-order valence-corrected chi connectivity index (χ4v) is 3.49. The predicted octanol–water partition coefficient (Wildman–Crippen LogP) is 4.91. The molecular formula is C22H20N2O5S. The van der Waals surface area contributed by atoms with Crippen molar-refractivity contribution in [2.45, 2.75) is 10.6 Å². The molecule has 3 rings (SSSR count). The highest BCUT2D eigenvalue weighted by Gasteiger charge is 2.15. The molecule has 8 heteroatoms. The molecule has 1 amide bonds. The molecule has 3 aromatic rings. The topological polar surface area (TPSA) is 90.7 Å². The number of hydrogen-bond donors (Lipinski definition) is 1. The molecule has 0 atom stereocenters. The summed E-state index contributed by atoms with van der Waals surface area (Å²) in [6, 6.07) is 21.8. The van der Waals surface area contributed by atoms with Gasteiger partial charge in [0, 0.05) is 28.5 Å². The van der Waals surface area contributed by atoms with Gasteiger partial charge in [0.1, 0.15) is 5.75 Å². The van der Waals surface area contributed by atoms with Crippen molar-refractivity contribution in [3.63, 3.8) is 0 Å². The van der Waals surface area contributed by atoms with Crippen LogP contribution in [0.15, 0.2) is 77.7 Å². The highest BCUT2D eigenvalue weighted by molar-refractivity contribution is 7.98. The van der Waals surface area contributed by atoms with Crippen LogP contribution >= 0.6 is 11.8 Å². The van der Waals surface area contributed by atoms with Gasteiger partial charge in [-0.05, 0) is 35.9 Å². The fraction of sp³-hybridized carbons (Fsp3) is 0.136. The Labute approximate surface area is 178 Å². The van der Waals surface area contributed by atoms with Crippen LogP contribution in [-0.4, -0.2) is 24.5 Å². The zero-order valence-electron chi connectivity index (χ0n) is 16.2. The molecule has 0 aliphatic rings. The van der Waals surface area contributed by atoms with Gasteiger partial charge in [-0.3, -0.25) is 14.9 Å². The molecule has 0 saturated carbocycles. The lowest BCUT2D eigenvalue weighted by Crippen LogP contribution is -2.20. The number of hydrogen-bond acceptors (Lipinski definition) is 6. The van der Waals surface area contributed by atoms with Crippen LogP contribution in [0.1, 0.15) is 5.56 Å². The van der Waals surface area contributed by atoms with E-state index in [1.165, 1.54) is 30.2 Å². The first-order chi connectivity index (χ1) is 14.5. The zero-order valence-corrected chi connectivity index (χ0v) is 17.1. The quantitative estimate of drug-likeness (QED) is 0.298. The smallest absolute Gasteiger partial charge is 0.311 e.